The maximum Gasteiger partial charge on any atom is 0.242 e. The summed E-state index contributed by atoms with van der Waals surface area (Å²) in [7, 11) is -3.59. The van der Waals surface area contributed by atoms with E-state index in [4.69, 9.17) is 11.6 Å². The minimum absolute atomic E-state index is 0.0868. The third-order valence-corrected chi connectivity index (χ3v) is 5.16. The lowest BCUT2D eigenvalue weighted by Crippen LogP contribution is -2.36. The van der Waals surface area contributed by atoms with Crippen LogP contribution in [0.4, 0.5) is 5.82 Å². The molecule has 0 spiro atoms. The van der Waals surface area contributed by atoms with Gasteiger partial charge < -0.3 is 5.32 Å². The molecule has 0 aromatic carbocycles. The van der Waals surface area contributed by atoms with Crippen LogP contribution in [0.2, 0.25) is 5.02 Å². The van der Waals surface area contributed by atoms with E-state index >= 15 is 0 Å². The minimum atomic E-state index is -3.59. The van der Waals surface area contributed by atoms with Crippen molar-refractivity contribution in [2.45, 2.75) is 31.2 Å². The number of sulfonamides is 1. The van der Waals surface area contributed by atoms with Crippen LogP contribution in [0.3, 0.4) is 0 Å². The Morgan fingerprint density at radius 1 is 1.45 bits per heavy atom. The van der Waals surface area contributed by atoms with Gasteiger partial charge in [0.2, 0.25) is 10.0 Å². The average molecular weight is 338 g/mol. The fourth-order valence-electron chi connectivity index (χ4n) is 1.59. The highest BCUT2D eigenvalue weighted by molar-refractivity contribution is 7.98. The Morgan fingerprint density at radius 2 is 2.15 bits per heavy atom. The summed E-state index contributed by atoms with van der Waals surface area (Å²) in [5, 5.41) is 3.26. The second-order valence-corrected chi connectivity index (χ2v) is 7.25. The Morgan fingerprint density at radius 3 is 2.65 bits per heavy atom. The molecule has 1 aromatic rings. The molecule has 1 atom stereocenters. The molecule has 1 unspecified atom stereocenters. The van der Waals surface area contributed by atoms with E-state index in [0.717, 1.165) is 12.2 Å². The molecule has 0 aliphatic rings. The lowest BCUT2D eigenvalue weighted by Gasteiger charge is -2.16. The highest BCUT2D eigenvalue weighted by Crippen LogP contribution is 2.22. The summed E-state index contributed by atoms with van der Waals surface area (Å²) >= 11 is 7.63. The van der Waals surface area contributed by atoms with Gasteiger partial charge in [-0.2, -0.15) is 11.8 Å². The number of pyridine rings is 1. The lowest BCUT2D eigenvalue weighted by atomic mass is 10.3. The molecule has 114 valence electrons. The predicted octanol–water partition coefficient (Wildman–Crippen LogP) is 2.59. The van der Waals surface area contributed by atoms with Crippen LogP contribution in [-0.2, 0) is 10.0 Å². The molecule has 8 heteroatoms. The number of halogens is 1. The summed E-state index contributed by atoms with van der Waals surface area (Å²) in [5.74, 6) is 1.22. The van der Waals surface area contributed by atoms with Crippen LogP contribution in [0.1, 0.15) is 20.3 Å². The van der Waals surface area contributed by atoms with Gasteiger partial charge in [0, 0.05) is 24.5 Å². The maximum absolute atomic E-state index is 12.3. The van der Waals surface area contributed by atoms with Crippen molar-refractivity contribution in [2.24, 2.45) is 0 Å². The van der Waals surface area contributed by atoms with E-state index in [1.807, 2.05) is 20.1 Å². The first-order chi connectivity index (χ1) is 9.44. The number of nitrogens with one attached hydrogen (secondary N) is 2. The molecule has 0 saturated heterocycles. The Labute approximate surface area is 129 Å². The van der Waals surface area contributed by atoms with Gasteiger partial charge >= 0.3 is 0 Å². The topological polar surface area (TPSA) is 71.1 Å². The fourth-order valence-corrected chi connectivity index (χ4v) is 4.00. The number of hydrogen-bond donors (Lipinski definition) is 2. The summed E-state index contributed by atoms with van der Waals surface area (Å²) in [6.07, 6.45) is 4.00. The fraction of sp³-hybridized carbons (Fsp3) is 0.583. The maximum atomic E-state index is 12.3. The minimum Gasteiger partial charge on any atom is -0.369 e. The van der Waals surface area contributed by atoms with Gasteiger partial charge in [-0.25, -0.2) is 18.1 Å². The first-order valence-corrected chi connectivity index (χ1v) is 9.60. The van der Waals surface area contributed by atoms with E-state index in [0.29, 0.717) is 17.4 Å². The Bertz CT molecular complexity index is 538. The summed E-state index contributed by atoms with van der Waals surface area (Å²) < 4.78 is 27.2. The van der Waals surface area contributed by atoms with E-state index in [9.17, 15) is 8.42 Å². The Balaban J connectivity index is 2.95. The van der Waals surface area contributed by atoms with Crippen LogP contribution in [0.25, 0.3) is 0 Å². The van der Waals surface area contributed by atoms with Crippen molar-refractivity contribution in [3.05, 3.63) is 17.3 Å². The van der Waals surface area contributed by atoms with Crippen LogP contribution >= 0.6 is 23.4 Å². The molecule has 1 aromatic heterocycles. The van der Waals surface area contributed by atoms with E-state index in [2.05, 4.69) is 15.0 Å². The molecule has 0 aliphatic heterocycles. The van der Waals surface area contributed by atoms with Crippen molar-refractivity contribution < 1.29 is 8.42 Å². The van der Waals surface area contributed by atoms with Gasteiger partial charge in [0.15, 0.2) is 0 Å². The highest BCUT2D eigenvalue weighted by atomic mass is 35.5. The average Bonchev–Trinajstić information content (AvgIpc) is 2.40. The highest BCUT2D eigenvalue weighted by Gasteiger charge is 2.20. The molecular formula is C12H20ClN3O2S2. The number of hydrogen-bond acceptors (Lipinski definition) is 5. The van der Waals surface area contributed by atoms with Gasteiger partial charge in [0.1, 0.15) is 10.7 Å². The molecule has 1 heterocycles. The third kappa shape index (κ3) is 4.80. The van der Waals surface area contributed by atoms with Crippen LogP contribution < -0.4 is 10.0 Å². The zero-order valence-corrected chi connectivity index (χ0v) is 14.2. The number of thioether (sulfide) groups is 1. The summed E-state index contributed by atoms with van der Waals surface area (Å²) in [6.45, 7) is 4.53. The summed E-state index contributed by atoms with van der Waals surface area (Å²) in [6, 6.07) is 1.32. The Kier molecular flexibility index (Phi) is 7.08. The summed E-state index contributed by atoms with van der Waals surface area (Å²) in [4.78, 5) is 4.13. The number of anilines is 1. The van der Waals surface area contributed by atoms with Gasteiger partial charge in [-0.05, 0) is 25.7 Å². The molecule has 20 heavy (non-hydrogen) atoms. The van der Waals surface area contributed by atoms with Crippen LogP contribution in [0.15, 0.2) is 17.2 Å². The van der Waals surface area contributed by atoms with Crippen molar-refractivity contribution in [3.8, 4) is 0 Å². The van der Waals surface area contributed by atoms with Crippen LogP contribution in [0.5, 0.6) is 0 Å². The quantitative estimate of drug-likeness (QED) is 0.763. The van der Waals surface area contributed by atoms with Gasteiger partial charge in [0.05, 0.1) is 5.02 Å². The zero-order chi connectivity index (χ0) is 15.2. The van der Waals surface area contributed by atoms with Crippen molar-refractivity contribution in [1.29, 1.82) is 0 Å². The summed E-state index contributed by atoms with van der Waals surface area (Å²) in [5.41, 5.74) is 0. The van der Waals surface area contributed by atoms with E-state index in [-0.39, 0.29) is 10.9 Å². The lowest BCUT2D eigenvalue weighted by molar-refractivity contribution is 0.558. The van der Waals surface area contributed by atoms with Gasteiger partial charge in [-0.15, -0.1) is 0 Å². The second-order valence-electron chi connectivity index (χ2n) is 4.21. The number of rotatable bonds is 8. The molecule has 0 saturated carbocycles. The van der Waals surface area contributed by atoms with E-state index in [1.54, 1.807) is 11.8 Å². The Hall–Kier alpha value is -0.500. The monoisotopic (exact) mass is 337 g/mol. The first kappa shape index (κ1) is 17.6. The third-order valence-electron chi connectivity index (χ3n) is 2.65. The zero-order valence-electron chi connectivity index (χ0n) is 11.8. The largest absolute Gasteiger partial charge is 0.369 e. The number of aromatic nitrogens is 1. The second kappa shape index (κ2) is 8.07. The van der Waals surface area contributed by atoms with Crippen molar-refractivity contribution in [2.75, 3.05) is 23.9 Å². The van der Waals surface area contributed by atoms with Crippen molar-refractivity contribution in [3.63, 3.8) is 0 Å². The van der Waals surface area contributed by atoms with Gasteiger partial charge in [-0.1, -0.05) is 18.5 Å². The first-order valence-electron chi connectivity index (χ1n) is 6.35. The van der Waals surface area contributed by atoms with E-state index in [1.165, 1.54) is 12.3 Å². The van der Waals surface area contributed by atoms with Crippen LogP contribution in [0, 0.1) is 0 Å². The molecule has 0 radical (unpaired) electrons. The molecule has 1 rings (SSSR count). The molecular weight excluding hydrogens is 318 g/mol. The molecule has 0 amide bonds. The molecule has 2 N–H and O–H groups in total. The molecule has 5 nitrogen and oxygen atoms in total. The molecule has 0 bridgehead atoms. The van der Waals surface area contributed by atoms with Crippen LogP contribution in [-0.4, -0.2) is 38.0 Å². The SMILES string of the molecule is CCNc1ncc(S(=O)(=O)NC(CC)CSC)cc1Cl. The van der Waals surface area contributed by atoms with Crippen molar-refractivity contribution >= 4 is 39.2 Å². The molecule has 0 fully saturated rings. The van der Waals surface area contributed by atoms with Gasteiger partial charge in [-0.3, -0.25) is 0 Å². The van der Waals surface area contributed by atoms with Gasteiger partial charge in [0.25, 0.3) is 0 Å². The number of nitrogens with zero attached hydrogens (tertiary/aromatic N) is 1. The normalized spacial score (nSPS) is 13.2. The predicted molar refractivity (Wildman–Crippen MR) is 86.2 cm³/mol. The smallest absolute Gasteiger partial charge is 0.242 e. The standard InChI is InChI=1S/C12H20ClN3O2S2/c1-4-9(8-19-3)16-20(17,18)10-6-11(13)12(14-5-2)15-7-10/h6-7,9,16H,4-5,8H2,1-3H3,(H,14,15). The van der Waals surface area contributed by atoms with E-state index < -0.39 is 10.0 Å². The molecule has 0 aliphatic carbocycles. The van der Waals surface area contributed by atoms with Crippen molar-refractivity contribution in [1.82, 2.24) is 9.71 Å².